The van der Waals surface area contributed by atoms with E-state index in [0.29, 0.717) is 25.0 Å². The van der Waals surface area contributed by atoms with Gasteiger partial charge in [-0.2, -0.15) is 0 Å². The van der Waals surface area contributed by atoms with E-state index in [0.717, 1.165) is 43.6 Å². The molecule has 0 aromatic heterocycles. The van der Waals surface area contributed by atoms with E-state index in [9.17, 15) is 9.59 Å². The van der Waals surface area contributed by atoms with Gasteiger partial charge in [-0.25, -0.2) is 0 Å². The van der Waals surface area contributed by atoms with Gasteiger partial charge in [-0.1, -0.05) is 6.07 Å². The Bertz CT molecular complexity index is 749. The van der Waals surface area contributed by atoms with Crippen LogP contribution in [-0.2, 0) is 9.59 Å². The molecule has 4 aliphatic rings. The molecule has 0 radical (unpaired) electrons. The van der Waals surface area contributed by atoms with Crippen molar-refractivity contribution < 1.29 is 19.1 Å². The number of carbonyl (C=O) groups is 2. The van der Waals surface area contributed by atoms with E-state index in [1.54, 1.807) is 14.0 Å². The number of methoxy groups -OCH3 is 1. The zero-order chi connectivity index (χ0) is 19.8. The zero-order valence-electron chi connectivity index (χ0n) is 16.8. The standard InChI is InChI=1S/C22H30N2O4/c1-15(25)24-22-12-16-8-17(13-22)11-21(10-16,14-22)20(26)23-6-7-28-19-5-3-4-18(9-19)27-2/h3-5,9,16-17H,6-8,10-14H2,1-2H3,(H,23,26)(H,24,25)/t16-,17-,21?,22?/m0/s1. The van der Waals surface area contributed by atoms with Crippen molar-refractivity contribution in [3.63, 3.8) is 0 Å². The fourth-order valence-corrected chi connectivity index (χ4v) is 6.26. The molecule has 1 aromatic carbocycles. The molecule has 6 heteroatoms. The van der Waals surface area contributed by atoms with Crippen molar-refractivity contribution >= 4 is 11.8 Å². The predicted molar refractivity (Wildman–Crippen MR) is 105 cm³/mol. The highest BCUT2D eigenvalue weighted by atomic mass is 16.5. The second-order valence-corrected chi connectivity index (χ2v) is 8.99. The molecule has 4 fully saturated rings. The Balaban J connectivity index is 1.34. The topological polar surface area (TPSA) is 76.7 Å². The predicted octanol–water partition coefficient (Wildman–Crippen LogP) is 2.67. The molecule has 6 nitrogen and oxygen atoms in total. The molecular formula is C22H30N2O4. The van der Waals surface area contributed by atoms with E-state index in [2.05, 4.69) is 10.6 Å². The van der Waals surface area contributed by atoms with Crippen LogP contribution in [0.4, 0.5) is 0 Å². The van der Waals surface area contributed by atoms with Crippen LogP contribution in [-0.4, -0.2) is 37.6 Å². The molecule has 0 unspecified atom stereocenters. The highest BCUT2D eigenvalue weighted by Gasteiger charge is 2.60. The SMILES string of the molecule is COc1cccc(OCCNC(=O)C23C[C@@H]4C[C@H](CC(NC(C)=O)(C4)C2)C3)c1. The Hall–Kier alpha value is -2.24. The summed E-state index contributed by atoms with van der Waals surface area (Å²) in [5.74, 6) is 2.72. The van der Waals surface area contributed by atoms with Gasteiger partial charge in [-0.15, -0.1) is 0 Å². The monoisotopic (exact) mass is 386 g/mol. The van der Waals surface area contributed by atoms with Crippen LogP contribution in [0.5, 0.6) is 11.5 Å². The van der Waals surface area contributed by atoms with Gasteiger partial charge in [0.1, 0.15) is 18.1 Å². The molecule has 1 aromatic rings. The van der Waals surface area contributed by atoms with Crippen LogP contribution in [0, 0.1) is 17.3 Å². The van der Waals surface area contributed by atoms with Crippen LogP contribution < -0.4 is 20.1 Å². The van der Waals surface area contributed by atoms with E-state index >= 15 is 0 Å². The van der Waals surface area contributed by atoms with Gasteiger partial charge >= 0.3 is 0 Å². The average Bonchev–Trinajstić information content (AvgIpc) is 2.63. The summed E-state index contributed by atoms with van der Waals surface area (Å²) < 4.78 is 10.9. The highest BCUT2D eigenvalue weighted by molar-refractivity contribution is 5.84. The number of ether oxygens (including phenoxy) is 2. The first-order valence-electron chi connectivity index (χ1n) is 10.3. The molecule has 28 heavy (non-hydrogen) atoms. The largest absolute Gasteiger partial charge is 0.497 e. The van der Waals surface area contributed by atoms with E-state index in [1.807, 2.05) is 24.3 Å². The first-order valence-corrected chi connectivity index (χ1v) is 10.3. The lowest BCUT2D eigenvalue weighted by molar-refractivity contribution is -0.153. The summed E-state index contributed by atoms with van der Waals surface area (Å²) in [4.78, 5) is 24.9. The van der Waals surface area contributed by atoms with Gasteiger partial charge in [0.05, 0.1) is 19.1 Å². The highest BCUT2D eigenvalue weighted by Crippen LogP contribution is 2.61. The van der Waals surface area contributed by atoms with E-state index < -0.39 is 0 Å². The number of carbonyl (C=O) groups excluding carboxylic acids is 2. The Morgan fingerprint density at radius 2 is 1.86 bits per heavy atom. The molecule has 0 aliphatic heterocycles. The first kappa shape index (κ1) is 19.1. The van der Waals surface area contributed by atoms with Crippen LogP contribution in [0.2, 0.25) is 0 Å². The molecule has 0 spiro atoms. The zero-order valence-corrected chi connectivity index (χ0v) is 16.8. The van der Waals surface area contributed by atoms with E-state index in [4.69, 9.17) is 9.47 Å². The number of hydrogen-bond donors (Lipinski definition) is 2. The second-order valence-electron chi connectivity index (χ2n) is 8.99. The lowest BCUT2D eigenvalue weighted by Gasteiger charge is -2.61. The minimum absolute atomic E-state index is 0.0178. The lowest BCUT2D eigenvalue weighted by atomic mass is 9.46. The molecule has 0 saturated heterocycles. The Labute approximate surface area is 166 Å². The normalized spacial score (nSPS) is 32.6. The van der Waals surface area contributed by atoms with Crippen molar-refractivity contribution in [1.29, 1.82) is 0 Å². The van der Waals surface area contributed by atoms with Crippen LogP contribution in [0.25, 0.3) is 0 Å². The Kier molecular flexibility index (Phi) is 4.98. The van der Waals surface area contributed by atoms with Gasteiger partial charge in [0.15, 0.2) is 0 Å². The molecule has 2 amide bonds. The van der Waals surface area contributed by atoms with Crippen molar-refractivity contribution in [1.82, 2.24) is 10.6 Å². The number of amides is 2. The van der Waals surface area contributed by atoms with E-state index in [1.165, 1.54) is 6.42 Å². The third-order valence-corrected chi connectivity index (χ3v) is 6.68. The maximum atomic E-state index is 13.1. The molecule has 4 bridgehead atoms. The second kappa shape index (κ2) is 7.30. The van der Waals surface area contributed by atoms with Crippen LogP contribution in [0.15, 0.2) is 24.3 Å². The van der Waals surface area contributed by atoms with Crippen molar-refractivity contribution in [3.8, 4) is 11.5 Å². The average molecular weight is 386 g/mol. The summed E-state index contributed by atoms with van der Waals surface area (Å²) in [5, 5.41) is 6.31. The summed E-state index contributed by atoms with van der Waals surface area (Å²) in [6.45, 7) is 2.47. The van der Waals surface area contributed by atoms with Gasteiger partial charge in [0, 0.05) is 18.5 Å². The first-order chi connectivity index (χ1) is 13.4. The maximum Gasteiger partial charge on any atom is 0.226 e. The summed E-state index contributed by atoms with van der Waals surface area (Å²) >= 11 is 0. The fourth-order valence-electron chi connectivity index (χ4n) is 6.26. The summed E-state index contributed by atoms with van der Waals surface area (Å²) in [6.07, 6.45) is 5.93. The number of nitrogens with one attached hydrogen (secondary N) is 2. The number of benzene rings is 1. The molecule has 5 rings (SSSR count). The minimum atomic E-state index is -0.331. The molecule has 0 heterocycles. The Morgan fingerprint density at radius 1 is 1.14 bits per heavy atom. The third kappa shape index (κ3) is 3.69. The van der Waals surface area contributed by atoms with Crippen molar-refractivity contribution in [3.05, 3.63) is 24.3 Å². The summed E-state index contributed by atoms with van der Waals surface area (Å²) in [5.41, 5.74) is -0.507. The van der Waals surface area contributed by atoms with Crippen molar-refractivity contribution in [2.75, 3.05) is 20.3 Å². The van der Waals surface area contributed by atoms with Gasteiger partial charge in [-0.05, 0) is 62.5 Å². The van der Waals surface area contributed by atoms with Gasteiger partial charge in [0.25, 0.3) is 0 Å². The molecular weight excluding hydrogens is 356 g/mol. The van der Waals surface area contributed by atoms with Crippen molar-refractivity contribution in [2.24, 2.45) is 17.3 Å². The fraction of sp³-hybridized carbons (Fsp3) is 0.636. The van der Waals surface area contributed by atoms with Crippen molar-refractivity contribution in [2.45, 2.75) is 51.0 Å². The number of rotatable bonds is 7. The molecule has 4 aliphatic carbocycles. The smallest absolute Gasteiger partial charge is 0.226 e. The molecule has 2 N–H and O–H groups in total. The number of hydrogen-bond acceptors (Lipinski definition) is 4. The van der Waals surface area contributed by atoms with Gasteiger partial charge in [-0.3, -0.25) is 9.59 Å². The summed E-state index contributed by atoms with van der Waals surface area (Å²) in [7, 11) is 1.62. The molecule has 4 saturated carbocycles. The van der Waals surface area contributed by atoms with Gasteiger partial charge < -0.3 is 20.1 Å². The summed E-state index contributed by atoms with van der Waals surface area (Å²) in [6, 6.07) is 7.45. The van der Waals surface area contributed by atoms with Crippen LogP contribution >= 0.6 is 0 Å². The molecule has 2 atom stereocenters. The Morgan fingerprint density at radius 3 is 2.54 bits per heavy atom. The lowest BCUT2D eigenvalue weighted by Crippen LogP contribution is -2.65. The molecule has 152 valence electrons. The van der Waals surface area contributed by atoms with Crippen LogP contribution in [0.3, 0.4) is 0 Å². The third-order valence-electron chi connectivity index (χ3n) is 6.68. The van der Waals surface area contributed by atoms with Gasteiger partial charge in [0.2, 0.25) is 11.8 Å². The van der Waals surface area contributed by atoms with E-state index in [-0.39, 0.29) is 22.8 Å². The minimum Gasteiger partial charge on any atom is -0.497 e. The quantitative estimate of drug-likeness (QED) is 0.707. The maximum absolute atomic E-state index is 13.1. The van der Waals surface area contributed by atoms with Crippen LogP contribution in [0.1, 0.15) is 45.4 Å².